The molecular weight excluding hydrogens is 281 g/mol. The van der Waals surface area contributed by atoms with Gasteiger partial charge in [-0.05, 0) is 17.7 Å². The number of rotatable bonds is 2. The van der Waals surface area contributed by atoms with Crippen LogP contribution in [0, 0.1) is 0 Å². The molecule has 0 spiro atoms. The second-order valence-corrected chi connectivity index (χ2v) is 4.82. The van der Waals surface area contributed by atoms with E-state index in [4.69, 9.17) is 9.47 Å². The number of hydrogen-bond acceptors (Lipinski definition) is 2. The average Bonchev–Trinajstić information content (AvgIpc) is 2.97. The van der Waals surface area contributed by atoms with Crippen LogP contribution in [0.15, 0.2) is 54.6 Å². The molecule has 21 heavy (non-hydrogen) atoms. The van der Waals surface area contributed by atoms with Crippen molar-refractivity contribution < 1.29 is 22.6 Å². The minimum atomic E-state index is -4.35. The maximum absolute atomic E-state index is 12.7. The van der Waals surface area contributed by atoms with E-state index < -0.39 is 24.1 Å². The Morgan fingerprint density at radius 3 is 2.33 bits per heavy atom. The molecule has 2 unspecified atom stereocenters. The minimum Gasteiger partial charge on any atom is -0.345 e. The molecule has 1 aliphatic heterocycles. The van der Waals surface area contributed by atoms with Gasteiger partial charge in [-0.1, -0.05) is 42.5 Å². The third-order valence-corrected chi connectivity index (χ3v) is 3.34. The van der Waals surface area contributed by atoms with Gasteiger partial charge in [0.25, 0.3) is 0 Å². The number of ether oxygens (including phenoxy) is 2. The van der Waals surface area contributed by atoms with Gasteiger partial charge in [0, 0.05) is 5.56 Å². The second kappa shape index (κ2) is 5.50. The number of hydrogen-bond donors (Lipinski definition) is 0. The van der Waals surface area contributed by atoms with Gasteiger partial charge < -0.3 is 9.47 Å². The monoisotopic (exact) mass is 294 g/mol. The molecule has 1 fully saturated rings. The van der Waals surface area contributed by atoms with E-state index in [1.165, 1.54) is 6.07 Å². The predicted molar refractivity (Wildman–Crippen MR) is 70.4 cm³/mol. The molecule has 0 saturated carbocycles. The fourth-order valence-corrected chi connectivity index (χ4v) is 2.28. The number of halogens is 3. The number of alkyl halides is 3. The lowest BCUT2D eigenvalue weighted by atomic mass is 10.1. The van der Waals surface area contributed by atoms with Gasteiger partial charge in [0.1, 0.15) is 6.10 Å². The van der Waals surface area contributed by atoms with E-state index in [0.29, 0.717) is 5.56 Å². The molecule has 110 valence electrons. The molecule has 0 bridgehead atoms. The standard InChI is InChI=1S/C16H13F3O2/c17-16(18,19)13-8-4-7-12(9-13)14-10-20-15(21-14)11-5-2-1-3-6-11/h1-9,14-15H,10H2. The first-order valence-corrected chi connectivity index (χ1v) is 6.53. The summed E-state index contributed by atoms with van der Waals surface area (Å²) in [5, 5.41) is 0. The summed E-state index contributed by atoms with van der Waals surface area (Å²) in [6.45, 7) is 0.237. The smallest absolute Gasteiger partial charge is 0.345 e. The van der Waals surface area contributed by atoms with Crippen LogP contribution in [0.4, 0.5) is 13.2 Å². The van der Waals surface area contributed by atoms with Crippen LogP contribution in [0.1, 0.15) is 29.1 Å². The second-order valence-electron chi connectivity index (χ2n) is 4.82. The van der Waals surface area contributed by atoms with E-state index in [1.54, 1.807) is 6.07 Å². The van der Waals surface area contributed by atoms with E-state index in [1.807, 2.05) is 30.3 Å². The average molecular weight is 294 g/mol. The van der Waals surface area contributed by atoms with Crippen molar-refractivity contribution in [3.63, 3.8) is 0 Å². The maximum atomic E-state index is 12.7. The molecular formula is C16H13F3O2. The van der Waals surface area contributed by atoms with Crippen molar-refractivity contribution in [1.29, 1.82) is 0 Å². The lowest BCUT2D eigenvalue weighted by Gasteiger charge is -2.13. The van der Waals surface area contributed by atoms with E-state index in [2.05, 4.69) is 0 Å². The summed E-state index contributed by atoms with van der Waals surface area (Å²) in [6.07, 6.45) is -5.38. The Morgan fingerprint density at radius 2 is 1.62 bits per heavy atom. The van der Waals surface area contributed by atoms with Crippen molar-refractivity contribution >= 4 is 0 Å². The molecule has 2 nitrogen and oxygen atoms in total. The fraction of sp³-hybridized carbons (Fsp3) is 0.250. The molecule has 1 heterocycles. The maximum Gasteiger partial charge on any atom is 0.416 e. The van der Waals surface area contributed by atoms with E-state index in [-0.39, 0.29) is 6.61 Å². The topological polar surface area (TPSA) is 18.5 Å². The summed E-state index contributed by atoms with van der Waals surface area (Å²) < 4.78 is 49.4. The Morgan fingerprint density at radius 1 is 0.905 bits per heavy atom. The third-order valence-electron chi connectivity index (χ3n) is 3.34. The van der Waals surface area contributed by atoms with Crippen LogP contribution in [0.3, 0.4) is 0 Å². The van der Waals surface area contributed by atoms with Crippen LogP contribution in [0.25, 0.3) is 0 Å². The van der Waals surface area contributed by atoms with Crippen LogP contribution in [0.2, 0.25) is 0 Å². The zero-order chi connectivity index (χ0) is 14.9. The Balaban J connectivity index is 1.78. The fourth-order valence-electron chi connectivity index (χ4n) is 2.28. The largest absolute Gasteiger partial charge is 0.416 e. The summed E-state index contributed by atoms with van der Waals surface area (Å²) >= 11 is 0. The van der Waals surface area contributed by atoms with Crippen LogP contribution < -0.4 is 0 Å². The molecule has 0 N–H and O–H groups in total. The molecule has 0 aliphatic carbocycles. The zero-order valence-electron chi connectivity index (χ0n) is 11.0. The van der Waals surface area contributed by atoms with Crippen molar-refractivity contribution in [2.45, 2.75) is 18.6 Å². The molecule has 0 radical (unpaired) electrons. The van der Waals surface area contributed by atoms with E-state index >= 15 is 0 Å². The van der Waals surface area contributed by atoms with E-state index in [9.17, 15) is 13.2 Å². The van der Waals surface area contributed by atoms with Gasteiger partial charge in [-0.25, -0.2) is 0 Å². The van der Waals surface area contributed by atoms with Crippen LogP contribution in [-0.2, 0) is 15.7 Å². The predicted octanol–water partition coefficient (Wildman–Crippen LogP) is 4.49. The van der Waals surface area contributed by atoms with Crippen molar-refractivity contribution in [3.8, 4) is 0 Å². The normalized spacial score (nSPS) is 22.4. The highest BCUT2D eigenvalue weighted by Gasteiger charge is 2.33. The quantitative estimate of drug-likeness (QED) is 0.812. The zero-order valence-corrected chi connectivity index (χ0v) is 11.0. The van der Waals surface area contributed by atoms with Gasteiger partial charge in [-0.2, -0.15) is 13.2 Å². The first-order valence-electron chi connectivity index (χ1n) is 6.53. The minimum absolute atomic E-state index is 0.237. The highest BCUT2D eigenvalue weighted by atomic mass is 19.4. The first kappa shape index (κ1) is 14.1. The van der Waals surface area contributed by atoms with Crippen molar-refractivity contribution in [3.05, 3.63) is 71.3 Å². The van der Waals surface area contributed by atoms with Gasteiger partial charge in [0.15, 0.2) is 6.29 Å². The van der Waals surface area contributed by atoms with Crippen LogP contribution >= 0.6 is 0 Å². The van der Waals surface area contributed by atoms with Gasteiger partial charge in [0.2, 0.25) is 0 Å². The van der Waals surface area contributed by atoms with E-state index in [0.717, 1.165) is 17.7 Å². The Hall–Kier alpha value is -1.85. The summed E-state index contributed by atoms with van der Waals surface area (Å²) in [4.78, 5) is 0. The molecule has 0 aromatic heterocycles. The Bertz CT molecular complexity index is 610. The lowest BCUT2D eigenvalue weighted by Crippen LogP contribution is -2.07. The summed E-state index contributed by atoms with van der Waals surface area (Å²) in [7, 11) is 0. The number of benzene rings is 2. The van der Waals surface area contributed by atoms with Crippen molar-refractivity contribution in [2.75, 3.05) is 6.61 Å². The molecule has 0 amide bonds. The Kier molecular flexibility index (Phi) is 3.69. The van der Waals surface area contributed by atoms with Crippen LogP contribution in [0.5, 0.6) is 0 Å². The molecule has 2 aromatic rings. The van der Waals surface area contributed by atoms with Gasteiger partial charge in [-0.15, -0.1) is 0 Å². The molecule has 5 heteroatoms. The summed E-state index contributed by atoms with van der Waals surface area (Å²) in [5.74, 6) is 0. The van der Waals surface area contributed by atoms with Gasteiger partial charge in [-0.3, -0.25) is 0 Å². The summed E-state index contributed by atoms with van der Waals surface area (Å²) in [6, 6.07) is 14.5. The van der Waals surface area contributed by atoms with Crippen molar-refractivity contribution in [2.24, 2.45) is 0 Å². The lowest BCUT2D eigenvalue weighted by molar-refractivity contribution is -0.137. The first-order chi connectivity index (χ1) is 10.0. The molecule has 3 rings (SSSR count). The van der Waals surface area contributed by atoms with Gasteiger partial charge >= 0.3 is 6.18 Å². The molecule has 1 saturated heterocycles. The highest BCUT2D eigenvalue weighted by Crippen LogP contribution is 2.37. The molecule has 1 aliphatic rings. The SMILES string of the molecule is FC(F)(F)c1cccc(C2COC(c3ccccc3)O2)c1. The Labute approximate surface area is 120 Å². The highest BCUT2D eigenvalue weighted by molar-refractivity contribution is 5.28. The van der Waals surface area contributed by atoms with Crippen molar-refractivity contribution in [1.82, 2.24) is 0 Å². The third kappa shape index (κ3) is 3.09. The van der Waals surface area contributed by atoms with Gasteiger partial charge in [0.05, 0.1) is 12.2 Å². The summed E-state index contributed by atoms with van der Waals surface area (Å²) in [5.41, 5.74) is 0.655. The van der Waals surface area contributed by atoms with Crippen LogP contribution in [-0.4, -0.2) is 6.61 Å². The molecule has 2 atom stereocenters. The molecule has 2 aromatic carbocycles.